The summed E-state index contributed by atoms with van der Waals surface area (Å²) in [6.45, 7) is 14.6. The first-order valence-electron chi connectivity index (χ1n) is 8.74. The quantitative estimate of drug-likeness (QED) is 0.522. The van der Waals surface area contributed by atoms with Crippen molar-refractivity contribution in [2.75, 3.05) is 39.3 Å². The molecule has 2 heteroatoms. The van der Waals surface area contributed by atoms with Gasteiger partial charge in [-0.25, -0.2) is 0 Å². The number of unbranched alkanes of at least 4 members (excludes halogenated alkanes) is 3. The molecule has 0 N–H and O–H groups in total. The first-order chi connectivity index (χ1) is 9.30. The fraction of sp³-hybridized carbons (Fsp3) is 1.00. The highest BCUT2D eigenvalue weighted by atomic mass is 15.2. The van der Waals surface area contributed by atoms with E-state index in [4.69, 9.17) is 0 Å². The Kier molecular flexibility index (Phi) is 9.54. The molecule has 0 aliphatic carbocycles. The Hall–Kier alpha value is -0.0800. The molecule has 1 aliphatic heterocycles. The molecule has 0 aromatic rings. The summed E-state index contributed by atoms with van der Waals surface area (Å²) in [4.78, 5) is 5.24. The van der Waals surface area contributed by atoms with Gasteiger partial charge in [-0.1, -0.05) is 46.5 Å². The Labute approximate surface area is 121 Å². The molecule has 1 unspecified atom stereocenters. The lowest BCUT2D eigenvalue weighted by Gasteiger charge is -2.21. The zero-order valence-corrected chi connectivity index (χ0v) is 13.7. The van der Waals surface area contributed by atoms with E-state index in [-0.39, 0.29) is 0 Å². The number of likely N-dealkylation sites (tertiary alicyclic amines) is 1. The van der Waals surface area contributed by atoms with Crippen molar-refractivity contribution in [3.63, 3.8) is 0 Å². The van der Waals surface area contributed by atoms with Crippen LogP contribution in [0.2, 0.25) is 0 Å². The van der Waals surface area contributed by atoms with Gasteiger partial charge in [-0.15, -0.1) is 0 Å². The van der Waals surface area contributed by atoms with Gasteiger partial charge in [-0.2, -0.15) is 0 Å². The standard InChI is InChI=1S/C17H36N2/c1-4-7-8-9-11-17-12-15-19(16-17)14-10-13-18(5-2)6-3/h17H,4-16H2,1-3H3. The van der Waals surface area contributed by atoms with E-state index in [0.717, 1.165) is 5.92 Å². The van der Waals surface area contributed by atoms with E-state index in [9.17, 15) is 0 Å². The average Bonchev–Trinajstić information content (AvgIpc) is 2.88. The topological polar surface area (TPSA) is 6.48 Å². The van der Waals surface area contributed by atoms with Gasteiger partial charge >= 0.3 is 0 Å². The number of rotatable bonds is 11. The molecule has 1 rings (SSSR count). The van der Waals surface area contributed by atoms with Gasteiger partial charge in [0.1, 0.15) is 0 Å². The Morgan fingerprint density at radius 2 is 1.79 bits per heavy atom. The Morgan fingerprint density at radius 3 is 2.47 bits per heavy atom. The van der Waals surface area contributed by atoms with Crippen LogP contribution in [-0.2, 0) is 0 Å². The summed E-state index contributed by atoms with van der Waals surface area (Å²) >= 11 is 0. The molecule has 0 amide bonds. The molecule has 1 aliphatic rings. The minimum absolute atomic E-state index is 1.00. The zero-order valence-electron chi connectivity index (χ0n) is 13.7. The fourth-order valence-electron chi connectivity index (χ4n) is 3.27. The van der Waals surface area contributed by atoms with Crippen LogP contribution in [-0.4, -0.2) is 49.1 Å². The molecule has 1 heterocycles. The zero-order chi connectivity index (χ0) is 13.9. The molecule has 19 heavy (non-hydrogen) atoms. The highest BCUT2D eigenvalue weighted by Crippen LogP contribution is 2.22. The number of hydrogen-bond acceptors (Lipinski definition) is 2. The molecule has 114 valence electrons. The summed E-state index contributed by atoms with van der Waals surface area (Å²) in [5.41, 5.74) is 0. The van der Waals surface area contributed by atoms with Crippen LogP contribution in [0.25, 0.3) is 0 Å². The van der Waals surface area contributed by atoms with Crippen LogP contribution in [0.1, 0.15) is 65.7 Å². The maximum absolute atomic E-state index is 2.70. The van der Waals surface area contributed by atoms with Crippen molar-refractivity contribution >= 4 is 0 Å². The normalized spacial score (nSPS) is 20.5. The fourth-order valence-corrected chi connectivity index (χ4v) is 3.27. The van der Waals surface area contributed by atoms with E-state index in [0.29, 0.717) is 0 Å². The molecule has 0 aromatic carbocycles. The summed E-state index contributed by atoms with van der Waals surface area (Å²) < 4.78 is 0. The summed E-state index contributed by atoms with van der Waals surface area (Å²) in [5, 5.41) is 0. The van der Waals surface area contributed by atoms with Crippen molar-refractivity contribution in [1.29, 1.82) is 0 Å². The second-order valence-electron chi connectivity index (χ2n) is 6.19. The van der Waals surface area contributed by atoms with Gasteiger partial charge in [0, 0.05) is 6.54 Å². The van der Waals surface area contributed by atoms with Gasteiger partial charge in [0.25, 0.3) is 0 Å². The van der Waals surface area contributed by atoms with Gasteiger partial charge < -0.3 is 9.80 Å². The Bertz CT molecular complexity index is 201. The first kappa shape index (κ1) is 17.0. The number of nitrogens with zero attached hydrogens (tertiary/aromatic N) is 2. The lowest BCUT2D eigenvalue weighted by Crippen LogP contribution is -2.29. The van der Waals surface area contributed by atoms with E-state index in [1.54, 1.807) is 0 Å². The van der Waals surface area contributed by atoms with Crippen molar-refractivity contribution in [2.45, 2.75) is 65.7 Å². The molecular weight excluding hydrogens is 232 g/mol. The molecule has 1 fully saturated rings. The van der Waals surface area contributed by atoms with Crippen LogP contribution >= 0.6 is 0 Å². The summed E-state index contributed by atoms with van der Waals surface area (Å²) in [6, 6.07) is 0. The maximum Gasteiger partial charge on any atom is 0.00101 e. The molecule has 0 aromatic heterocycles. The van der Waals surface area contributed by atoms with Crippen LogP contribution in [0.15, 0.2) is 0 Å². The third-order valence-electron chi connectivity index (χ3n) is 4.68. The molecule has 0 radical (unpaired) electrons. The summed E-state index contributed by atoms with van der Waals surface area (Å²) in [6.07, 6.45) is 10.00. The predicted molar refractivity (Wildman–Crippen MR) is 85.7 cm³/mol. The first-order valence-corrected chi connectivity index (χ1v) is 8.74. The molecule has 0 bridgehead atoms. The van der Waals surface area contributed by atoms with Crippen LogP contribution in [0.3, 0.4) is 0 Å². The minimum Gasteiger partial charge on any atom is -0.304 e. The van der Waals surface area contributed by atoms with E-state index >= 15 is 0 Å². The Balaban J connectivity index is 2.01. The van der Waals surface area contributed by atoms with Crippen LogP contribution in [0.4, 0.5) is 0 Å². The molecule has 0 saturated carbocycles. The second kappa shape index (κ2) is 10.7. The van der Waals surface area contributed by atoms with E-state index in [1.165, 1.54) is 84.2 Å². The van der Waals surface area contributed by atoms with Gasteiger partial charge in [0.05, 0.1) is 0 Å². The van der Waals surface area contributed by atoms with E-state index in [2.05, 4.69) is 30.6 Å². The summed E-state index contributed by atoms with van der Waals surface area (Å²) in [5.74, 6) is 1.00. The van der Waals surface area contributed by atoms with Crippen LogP contribution in [0, 0.1) is 5.92 Å². The molecule has 1 saturated heterocycles. The highest BCUT2D eigenvalue weighted by molar-refractivity contribution is 4.75. The van der Waals surface area contributed by atoms with Gasteiger partial charge in [-0.3, -0.25) is 0 Å². The highest BCUT2D eigenvalue weighted by Gasteiger charge is 2.21. The lowest BCUT2D eigenvalue weighted by molar-refractivity contribution is 0.258. The molecule has 1 atom stereocenters. The van der Waals surface area contributed by atoms with Crippen LogP contribution < -0.4 is 0 Å². The van der Waals surface area contributed by atoms with Gasteiger partial charge in [0.2, 0.25) is 0 Å². The Morgan fingerprint density at radius 1 is 1.00 bits per heavy atom. The minimum atomic E-state index is 1.00. The van der Waals surface area contributed by atoms with Gasteiger partial charge in [-0.05, 0) is 57.9 Å². The molecule has 2 nitrogen and oxygen atoms in total. The van der Waals surface area contributed by atoms with Gasteiger partial charge in [0.15, 0.2) is 0 Å². The van der Waals surface area contributed by atoms with E-state index in [1.807, 2.05) is 0 Å². The van der Waals surface area contributed by atoms with Crippen molar-refractivity contribution in [2.24, 2.45) is 5.92 Å². The average molecular weight is 268 g/mol. The second-order valence-corrected chi connectivity index (χ2v) is 6.19. The smallest absolute Gasteiger partial charge is 0.00101 e. The maximum atomic E-state index is 2.70. The van der Waals surface area contributed by atoms with E-state index < -0.39 is 0 Å². The van der Waals surface area contributed by atoms with Crippen molar-refractivity contribution < 1.29 is 0 Å². The number of hydrogen-bond donors (Lipinski definition) is 0. The SMILES string of the molecule is CCCCCCC1CCN(CCCN(CC)CC)C1. The van der Waals surface area contributed by atoms with Crippen molar-refractivity contribution in [3.8, 4) is 0 Å². The third-order valence-corrected chi connectivity index (χ3v) is 4.68. The predicted octanol–water partition coefficient (Wildman–Crippen LogP) is 4.01. The summed E-state index contributed by atoms with van der Waals surface area (Å²) in [7, 11) is 0. The molecule has 0 spiro atoms. The third kappa shape index (κ3) is 7.31. The van der Waals surface area contributed by atoms with Crippen molar-refractivity contribution in [3.05, 3.63) is 0 Å². The molecular formula is C17H36N2. The largest absolute Gasteiger partial charge is 0.304 e. The van der Waals surface area contributed by atoms with Crippen LogP contribution in [0.5, 0.6) is 0 Å². The monoisotopic (exact) mass is 268 g/mol. The lowest BCUT2D eigenvalue weighted by atomic mass is 10.0. The van der Waals surface area contributed by atoms with Crippen molar-refractivity contribution in [1.82, 2.24) is 9.80 Å².